The number of likely N-dealkylation sites (tertiary alicyclic amines) is 2. The van der Waals surface area contributed by atoms with Crippen LogP contribution in [0.3, 0.4) is 0 Å². The number of carboxylic acids is 1. The predicted molar refractivity (Wildman–Crippen MR) is 67.0 cm³/mol. The molecule has 2 rings (SSSR count). The maximum Gasteiger partial charge on any atom is 0.307 e. The highest BCUT2D eigenvalue weighted by Crippen LogP contribution is 2.27. The van der Waals surface area contributed by atoms with Crippen molar-refractivity contribution < 1.29 is 9.90 Å². The van der Waals surface area contributed by atoms with E-state index >= 15 is 0 Å². The minimum Gasteiger partial charge on any atom is -0.481 e. The van der Waals surface area contributed by atoms with E-state index in [9.17, 15) is 4.79 Å². The number of nitrogens with zero attached hydrogens (tertiary/aromatic N) is 2. The summed E-state index contributed by atoms with van der Waals surface area (Å²) in [5.41, 5.74) is 0.237. The summed E-state index contributed by atoms with van der Waals surface area (Å²) in [7, 11) is 0. The summed E-state index contributed by atoms with van der Waals surface area (Å²) in [6.45, 7) is 10.7. The smallest absolute Gasteiger partial charge is 0.307 e. The van der Waals surface area contributed by atoms with E-state index in [0.29, 0.717) is 6.04 Å². The van der Waals surface area contributed by atoms with Crippen molar-refractivity contribution in [2.24, 2.45) is 5.92 Å². The maximum atomic E-state index is 10.9. The molecule has 0 radical (unpaired) electrons. The van der Waals surface area contributed by atoms with E-state index in [1.165, 1.54) is 6.42 Å². The van der Waals surface area contributed by atoms with Crippen LogP contribution >= 0.6 is 0 Å². The van der Waals surface area contributed by atoms with Crippen molar-refractivity contribution in [1.82, 2.24) is 9.80 Å². The highest BCUT2D eigenvalue weighted by molar-refractivity contribution is 5.70. The van der Waals surface area contributed by atoms with Gasteiger partial charge >= 0.3 is 5.97 Å². The summed E-state index contributed by atoms with van der Waals surface area (Å²) in [5, 5.41) is 9.02. The van der Waals surface area contributed by atoms with Crippen LogP contribution in [0, 0.1) is 5.92 Å². The Morgan fingerprint density at radius 1 is 1.18 bits per heavy atom. The van der Waals surface area contributed by atoms with E-state index in [-0.39, 0.29) is 11.5 Å². The first-order valence-electron chi connectivity index (χ1n) is 6.60. The first-order valence-corrected chi connectivity index (χ1v) is 6.60. The van der Waals surface area contributed by atoms with E-state index in [0.717, 1.165) is 32.6 Å². The summed E-state index contributed by atoms with van der Waals surface area (Å²) in [5.74, 6) is -0.767. The van der Waals surface area contributed by atoms with Gasteiger partial charge in [-0.2, -0.15) is 0 Å². The van der Waals surface area contributed by atoms with Crippen LogP contribution in [-0.4, -0.2) is 58.6 Å². The van der Waals surface area contributed by atoms with Crippen LogP contribution in [0.4, 0.5) is 0 Å². The summed E-state index contributed by atoms with van der Waals surface area (Å²) in [4.78, 5) is 15.8. The molecule has 98 valence electrons. The first kappa shape index (κ1) is 12.8. The number of carbonyl (C=O) groups is 1. The van der Waals surface area contributed by atoms with Gasteiger partial charge in [0, 0.05) is 31.2 Å². The zero-order valence-electron chi connectivity index (χ0n) is 11.1. The molecule has 0 saturated carbocycles. The number of rotatable bonds is 2. The van der Waals surface area contributed by atoms with Gasteiger partial charge in [0.25, 0.3) is 0 Å². The molecule has 2 aliphatic rings. The van der Waals surface area contributed by atoms with Gasteiger partial charge < -0.3 is 5.11 Å². The molecule has 2 aliphatic heterocycles. The zero-order chi connectivity index (χ0) is 12.6. The lowest BCUT2D eigenvalue weighted by Gasteiger charge is -2.32. The third kappa shape index (κ3) is 2.80. The molecule has 0 aliphatic carbocycles. The fourth-order valence-corrected chi connectivity index (χ4v) is 2.97. The molecule has 2 unspecified atom stereocenters. The molecular formula is C13H24N2O2. The van der Waals surface area contributed by atoms with Crippen LogP contribution in [0.5, 0.6) is 0 Å². The second kappa shape index (κ2) is 4.58. The fraction of sp³-hybridized carbons (Fsp3) is 0.923. The van der Waals surface area contributed by atoms with Crippen molar-refractivity contribution in [3.63, 3.8) is 0 Å². The van der Waals surface area contributed by atoms with Crippen LogP contribution in [0.15, 0.2) is 0 Å². The zero-order valence-corrected chi connectivity index (χ0v) is 11.1. The van der Waals surface area contributed by atoms with Gasteiger partial charge in [0.1, 0.15) is 0 Å². The lowest BCUT2D eigenvalue weighted by molar-refractivity contribution is -0.141. The molecular weight excluding hydrogens is 216 g/mol. The van der Waals surface area contributed by atoms with E-state index in [2.05, 4.69) is 30.6 Å². The van der Waals surface area contributed by atoms with E-state index < -0.39 is 5.97 Å². The Morgan fingerprint density at radius 2 is 1.88 bits per heavy atom. The second-order valence-electron chi connectivity index (χ2n) is 6.38. The van der Waals surface area contributed by atoms with Crippen LogP contribution < -0.4 is 0 Å². The molecule has 2 saturated heterocycles. The molecule has 0 aromatic carbocycles. The third-order valence-corrected chi connectivity index (χ3v) is 4.20. The second-order valence-corrected chi connectivity index (χ2v) is 6.38. The van der Waals surface area contributed by atoms with Crippen LogP contribution in [0.1, 0.15) is 33.6 Å². The van der Waals surface area contributed by atoms with Gasteiger partial charge in [-0.1, -0.05) is 0 Å². The molecule has 0 aromatic heterocycles. The van der Waals surface area contributed by atoms with Gasteiger partial charge in [-0.05, 0) is 40.2 Å². The van der Waals surface area contributed by atoms with Gasteiger partial charge in [0.15, 0.2) is 0 Å². The lowest BCUT2D eigenvalue weighted by atomic mass is 10.1. The Hall–Kier alpha value is -0.610. The highest BCUT2D eigenvalue weighted by Gasteiger charge is 2.37. The molecule has 0 bridgehead atoms. The largest absolute Gasteiger partial charge is 0.481 e. The van der Waals surface area contributed by atoms with Crippen molar-refractivity contribution >= 4 is 5.97 Å². The van der Waals surface area contributed by atoms with Crippen molar-refractivity contribution in [3.05, 3.63) is 0 Å². The van der Waals surface area contributed by atoms with Gasteiger partial charge in [0.05, 0.1) is 5.92 Å². The molecule has 1 N–H and O–H groups in total. The van der Waals surface area contributed by atoms with Crippen LogP contribution in [0.2, 0.25) is 0 Å². The van der Waals surface area contributed by atoms with Crippen molar-refractivity contribution in [2.45, 2.75) is 45.2 Å². The Labute approximate surface area is 104 Å². The standard InChI is InChI=1S/C13H24N2O2/c1-13(2,3)15-7-5-11(9-15)14-6-4-10(8-14)12(16)17/h10-11H,4-9H2,1-3H3,(H,16,17). The van der Waals surface area contributed by atoms with Crippen molar-refractivity contribution in [1.29, 1.82) is 0 Å². The summed E-state index contributed by atoms with van der Waals surface area (Å²) in [6.07, 6.45) is 2.00. The van der Waals surface area contributed by atoms with E-state index in [1.807, 2.05) is 0 Å². The molecule has 17 heavy (non-hydrogen) atoms. The molecule has 4 nitrogen and oxygen atoms in total. The number of hydrogen-bond acceptors (Lipinski definition) is 3. The van der Waals surface area contributed by atoms with Gasteiger partial charge in [-0.25, -0.2) is 0 Å². The van der Waals surface area contributed by atoms with Crippen LogP contribution in [-0.2, 0) is 4.79 Å². The molecule has 0 amide bonds. The molecule has 2 fully saturated rings. The molecule has 4 heteroatoms. The van der Waals surface area contributed by atoms with Gasteiger partial charge in [-0.3, -0.25) is 14.6 Å². The van der Waals surface area contributed by atoms with Gasteiger partial charge in [0.2, 0.25) is 0 Å². The Balaban J connectivity index is 1.88. The monoisotopic (exact) mass is 240 g/mol. The third-order valence-electron chi connectivity index (χ3n) is 4.20. The fourth-order valence-electron chi connectivity index (χ4n) is 2.97. The minimum absolute atomic E-state index is 0.140. The molecule has 2 atom stereocenters. The molecule has 2 heterocycles. The number of aliphatic carboxylic acids is 1. The van der Waals surface area contributed by atoms with Crippen LogP contribution in [0.25, 0.3) is 0 Å². The summed E-state index contributed by atoms with van der Waals surface area (Å²) in [6, 6.07) is 0.568. The maximum absolute atomic E-state index is 10.9. The SMILES string of the molecule is CC(C)(C)N1CCC(N2CCC(C(=O)O)C2)C1. The quantitative estimate of drug-likeness (QED) is 0.789. The number of carboxylic acid groups (broad SMARTS) is 1. The van der Waals surface area contributed by atoms with Crippen molar-refractivity contribution in [2.75, 3.05) is 26.2 Å². The minimum atomic E-state index is -0.627. The Morgan fingerprint density at radius 3 is 2.35 bits per heavy atom. The van der Waals surface area contributed by atoms with E-state index in [4.69, 9.17) is 5.11 Å². The molecule has 0 aromatic rings. The average molecular weight is 240 g/mol. The Kier molecular flexibility index (Phi) is 3.46. The first-order chi connectivity index (χ1) is 7.88. The lowest BCUT2D eigenvalue weighted by Crippen LogP contribution is -2.43. The molecule has 0 spiro atoms. The Bertz CT molecular complexity index is 298. The number of hydrogen-bond donors (Lipinski definition) is 1. The predicted octanol–water partition coefficient (Wildman–Crippen LogP) is 1.27. The normalized spacial score (nSPS) is 32.2. The average Bonchev–Trinajstić information content (AvgIpc) is 2.85. The van der Waals surface area contributed by atoms with Crippen molar-refractivity contribution in [3.8, 4) is 0 Å². The van der Waals surface area contributed by atoms with E-state index in [1.54, 1.807) is 0 Å². The summed E-state index contributed by atoms with van der Waals surface area (Å²) < 4.78 is 0. The topological polar surface area (TPSA) is 43.8 Å². The van der Waals surface area contributed by atoms with Gasteiger partial charge in [-0.15, -0.1) is 0 Å². The highest BCUT2D eigenvalue weighted by atomic mass is 16.4. The summed E-state index contributed by atoms with van der Waals surface area (Å²) >= 11 is 0.